The Morgan fingerprint density at radius 3 is 2.53 bits per heavy atom. The predicted octanol–water partition coefficient (Wildman–Crippen LogP) is -1.90. The zero-order valence-corrected chi connectivity index (χ0v) is 8.43. The molecule has 0 aromatic carbocycles. The Labute approximate surface area is 85.1 Å². The van der Waals surface area contributed by atoms with Crippen molar-refractivity contribution in [3.8, 4) is 0 Å². The number of nitrogens with one attached hydrogen (secondary N) is 1. The molecule has 0 saturated carbocycles. The van der Waals surface area contributed by atoms with E-state index < -0.39 is 23.1 Å². The summed E-state index contributed by atoms with van der Waals surface area (Å²) in [6.07, 6.45) is 2.77. The van der Waals surface area contributed by atoms with Crippen molar-refractivity contribution in [2.45, 2.75) is 13.0 Å². The molecule has 0 aliphatic carbocycles. The third kappa shape index (κ3) is 1.96. The number of aryl methyl sites for hydroxylation is 1. The second-order valence-corrected chi connectivity index (χ2v) is 3.11. The topological polar surface area (TPSA) is 99.1 Å². The number of aromatic nitrogens is 2. The maximum absolute atomic E-state index is 11.5. The molecule has 0 radical (unpaired) electrons. The molecule has 1 aromatic rings. The molecule has 7 nitrogen and oxygen atoms in total. The van der Waals surface area contributed by atoms with E-state index in [-0.39, 0.29) is 0 Å². The number of amides is 1. The van der Waals surface area contributed by atoms with E-state index in [1.165, 1.54) is 26.4 Å². The summed E-state index contributed by atoms with van der Waals surface area (Å²) in [5.41, 5.74) is 0.477. The van der Waals surface area contributed by atoms with E-state index >= 15 is 0 Å². The molecule has 1 rings (SSSR count). The summed E-state index contributed by atoms with van der Waals surface area (Å²) >= 11 is 0. The maximum atomic E-state index is 11.5. The molecule has 82 valence electrons. The van der Waals surface area contributed by atoms with Gasteiger partial charge in [-0.15, -0.1) is 0 Å². The molecule has 15 heavy (non-hydrogen) atoms. The average Bonchev–Trinajstić information content (AvgIpc) is 2.24. The maximum Gasteiger partial charge on any atom is 0.317 e. The summed E-state index contributed by atoms with van der Waals surface area (Å²) in [6.45, 7) is 1.48. The molecule has 0 spiro atoms. The first-order valence-corrected chi connectivity index (χ1v) is 4.27. The highest BCUT2D eigenvalue weighted by Crippen LogP contribution is 1.98. The number of hydrazine groups is 1. The number of nitrogens with two attached hydrogens (primary N) is 1. The van der Waals surface area contributed by atoms with Crippen LogP contribution in [0.5, 0.6) is 0 Å². The van der Waals surface area contributed by atoms with Crippen LogP contribution in [0.15, 0.2) is 22.0 Å². The molecular weight excluding hydrogens is 200 g/mol. The molecule has 7 heteroatoms. The van der Waals surface area contributed by atoms with Gasteiger partial charge in [-0.25, -0.2) is 5.84 Å². The quantitative estimate of drug-likeness (QED) is 0.259. The van der Waals surface area contributed by atoms with E-state index in [4.69, 9.17) is 5.84 Å². The average molecular weight is 212 g/mol. The van der Waals surface area contributed by atoms with Gasteiger partial charge in [-0.1, -0.05) is 0 Å². The standard InChI is InChI=1S/C8H12N4O3/c1-5(6(13)10-9)12-4-3-11(2)7(14)8(12)15/h3-5H,9H2,1-2H3,(H,10,13). The summed E-state index contributed by atoms with van der Waals surface area (Å²) in [5, 5.41) is 0. The minimum absolute atomic E-state index is 0.537. The third-order valence-corrected chi connectivity index (χ3v) is 2.13. The Bertz CT molecular complexity index is 487. The summed E-state index contributed by atoms with van der Waals surface area (Å²) in [4.78, 5) is 33.9. The highest BCUT2D eigenvalue weighted by Gasteiger charge is 2.15. The normalized spacial score (nSPS) is 12.2. The fourth-order valence-electron chi connectivity index (χ4n) is 1.12. The van der Waals surface area contributed by atoms with Crippen molar-refractivity contribution in [1.29, 1.82) is 0 Å². The van der Waals surface area contributed by atoms with E-state index in [9.17, 15) is 14.4 Å². The molecule has 0 fully saturated rings. The van der Waals surface area contributed by atoms with E-state index in [1.54, 1.807) is 0 Å². The smallest absolute Gasteiger partial charge is 0.312 e. The Hall–Kier alpha value is -1.89. The highest BCUT2D eigenvalue weighted by molar-refractivity contribution is 5.79. The Morgan fingerprint density at radius 2 is 2.00 bits per heavy atom. The van der Waals surface area contributed by atoms with Crippen molar-refractivity contribution in [3.63, 3.8) is 0 Å². The van der Waals surface area contributed by atoms with Crippen LogP contribution < -0.4 is 22.4 Å². The molecule has 1 atom stereocenters. The molecule has 1 aromatic heterocycles. The van der Waals surface area contributed by atoms with Crippen molar-refractivity contribution >= 4 is 5.91 Å². The molecule has 1 unspecified atom stereocenters. The summed E-state index contributed by atoms with van der Waals surface area (Å²) < 4.78 is 2.18. The molecule has 0 saturated heterocycles. The fourth-order valence-corrected chi connectivity index (χ4v) is 1.12. The molecule has 3 N–H and O–H groups in total. The van der Waals surface area contributed by atoms with Crippen LogP contribution in [0.3, 0.4) is 0 Å². The van der Waals surface area contributed by atoms with Gasteiger partial charge in [0.1, 0.15) is 6.04 Å². The van der Waals surface area contributed by atoms with E-state index in [0.29, 0.717) is 0 Å². The first-order valence-electron chi connectivity index (χ1n) is 4.27. The van der Waals surface area contributed by atoms with Gasteiger partial charge in [-0.2, -0.15) is 0 Å². The van der Waals surface area contributed by atoms with Gasteiger partial charge in [-0.05, 0) is 6.92 Å². The predicted molar refractivity (Wildman–Crippen MR) is 53.0 cm³/mol. The number of carbonyl (C=O) groups excluding carboxylic acids is 1. The lowest BCUT2D eigenvalue weighted by atomic mass is 10.3. The van der Waals surface area contributed by atoms with E-state index in [0.717, 1.165) is 9.13 Å². The summed E-state index contributed by atoms with van der Waals surface area (Å²) in [5.74, 6) is 4.39. The van der Waals surface area contributed by atoms with Crippen molar-refractivity contribution < 1.29 is 4.79 Å². The molecule has 0 bridgehead atoms. The van der Waals surface area contributed by atoms with Gasteiger partial charge >= 0.3 is 11.1 Å². The van der Waals surface area contributed by atoms with Crippen LogP contribution in [-0.2, 0) is 11.8 Å². The lowest BCUT2D eigenvalue weighted by Gasteiger charge is -2.12. The first-order chi connectivity index (χ1) is 6.99. The van der Waals surface area contributed by atoms with Crippen molar-refractivity contribution in [2.24, 2.45) is 12.9 Å². The third-order valence-electron chi connectivity index (χ3n) is 2.13. The second-order valence-electron chi connectivity index (χ2n) is 3.11. The minimum Gasteiger partial charge on any atom is -0.312 e. The van der Waals surface area contributed by atoms with Crippen molar-refractivity contribution in [3.05, 3.63) is 33.1 Å². The lowest BCUT2D eigenvalue weighted by molar-refractivity contribution is -0.124. The number of rotatable bonds is 2. The second kappa shape index (κ2) is 4.09. The van der Waals surface area contributed by atoms with Crippen LogP contribution in [0.4, 0.5) is 0 Å². The number of carbonyl (C=O) groups is 1. The van der Waals surface area contributed by atoms with E-state index in [1.807, 2.05) is 5.43 Å². The van der Waals surface area contributed by atoms with Gasteiger partial charge in [0.15, 0.2) is 0 Å². The van der Waals surface area contributed by atoms with Crippen molar-refractivity contribution in [2.75, 3.05) is 0 Å². The largest absolute Gasteiger partial charge is 0.317 e. The van der Waals surface area contributed by atoms with Crippen LogP contribution in [0, 0.1) is 0 Å². The van der Waals surface area contributed by atoms with Gasteiger partial charge in [0.2, 0.25) is 0 Å². The molecule has 0 aliphatic rings. The summed E-state index contributed by atoms with van der Waals surface area (Å²) in [6, 6.07) is -0.809. The van der Waals surface area contributed by atoms with Crippen LogP contribution in [0.25, 0.3) is 0 Å². The molecular formula is C8H12N4O3. The Balaban J connectivity index is 3.29. The van der Waals surface area contributed by atoms with Gasteiger partial charge in [0, 0.05) is 19.4 Å². The van der Waals surface area contributed by atoms with Crippen LogP contribution in [0.1, 0.15) is 13.0 Å². The number of hydrogen-bond acceptors (Lipinski definition) is 4. The SMILES string of the molecule is CC(C(=O)NN)n1ccn(C)c(=O)c1=O. The molecule has 0 aliphatic heterocycles. The monoisotopic (exact) mass is 212 g/mol. The Kier molecular flexibility index (Phi) is 3.05. The van der Waals surface area contributed by atoms with Crippen molar-refractivity contribution in [1.82, 2.24) is 14.6 Å². The lowest BCUT2D eigenvalue weighted by Crippen LogP contribution is -2.45. The molecule has 1 heterocycles. The van der Waals surface area contributed by atoms with Crippen LogP contribution >= 0.6 is 0 Å². The fraction of sp³-hybridized carbons (Fsp3) is 0.375. The first kappa shape index (κ1) is 11.2. The molecule has 1 amide bonds. The van der Waals surface area contributed by atoms with Gasteiger partial charge in [-0.3, -0.25) is 24.4 Å². The number of nitrogens with zero attached hydrogens (tertiary/aromatic N) is 2. The van der Waals surface area contributed by atoms with E-state index in [2.05, 4.69) is 0 Å². The van der Waals surface area contributed by atoms with Crippen LogP contribution in [-0.4, -0.2) is 15.0 Å². The minimum atomic E-state index is -0.809. The summed E-state index contributed by atoms with van der Waals surface area (Å²) in [7, 11) is 1.46. The zero-order valence-electron chi connectivity index (χ0n) is 8.43. The van der Waals surface area contributed by atoms with Gasteiger partial charge in [0.25, 0.3) is 5.91 Å². The highest BCUT2D eigenvalue weighted by atomic mass is 16.2. The number of hydrogen-bond donors (Lipinski definition) is 2. The van der Waals surface area contributed by atoms with Gasteiger partial charge in [0.05, 0.1) is 0 Å². The Morgan fingerprint density at radius 1 is 1.40 bits per heavy atom. The van der Waals surface area contributed by atoms with Gasteiger partial charge < -0.3 is 4.57 Å². The van der Waals surface area contributed by atoms with Crippen LogP contribution in [0.2, 0.25) is 0 Å². The zero-order chi connectivity index (χ0) is 11.6.